The smallest absolute Gasteiger partial charge is 0.338 e. The molecule has 0 spiro atoms. The van der Waals surface area contributed by atoms with Crippen LogP contribution in [0.5, 0.6) is 0 Å². The number of nitro groups is 1. The quantitative estimate of drug-likeness (QED) is 0.612. The van der Waals surface area contributed by atoms with Gasteiger partial charge in [-0.1, -0.05) is 0 Å². The van der Waals surface area contributed by atoms with Crippen molar-refractivity contribution >= 4 is 44.6 Å². The van der Waals surface area contributed by atoms with E-state index in [0.29, 0.717) is 6.07 Å². The van der Waals surface area contributed by atoms with Crippen LogP contribution < -0.4 is 5.32 Å². The van der Waals surface area contributed by atoms with E-state index in [1.165, 1.54) is 11.3 Å². The van der Waals surface area contributed by atoms with Crippen molar-refractivity contribution in [1.82, 2.24) is 0 Å². The Bertz CT molecular complexity index is 719. The molecule has 2 aromatic rings. The summed E-state index contributed by atoms with van der Waals surface area (Å²) in [6.45, 7) is 0.266. The number of benzene rings is 1. The highest BCUT2D eigenvalue weighted by atomic mass is 79.9. The Labute approximate surface area is 130 Å². The van der Waals surface area contributed by atoms with E-state index < -0.39 is 28.0 Å². The van der Waals surface area contributed by atoms with Crippen molar-refractivity contribution in [3.63, 3.8) is 0 Å². The molecule has 0 aliphatic heterocycles. The third-order valence-electron chi connectivity index (χ3n) is 2.59. The average molecular weight is 375 g/mol. The first-order chi connectivity index (χ1) is 9.88. The summed E-state index contributed by atoms with van der Waals surface area (Å²) in [5.74, 6) is -2.62. The molecule has 0 atom stereocenters. The van der Waals surface area contributed by atoms with Crippen LogP contribution in [0.1, 0.15) is 15.2 Å². The van der Waals surface area contributed by atoms with Gasteiger partial charge < -0.3 is 10.4 Å². The number of nitro benzene ring substituents is 1. The lowest BCUT2D eigenvalue weighted by Crippen LogP contribution is -2.07. The molecule has 2 N–H and O–H groups in total. The third-order valence-corrected chi connectivity index (χ3v) is 4.28. The molecule has 0 aliphatic rings. The van der Waals surface area contributed by atoms with Gasteiger partial charge in [0.15, 0.2) is 0 Å². The minimum atomic E-state index is -1.48. The van der Waals surface area contributed by atoms with Gasteiger partial charge in [0.25, 0.3) is 5.69 Å². The fourth-order valence-electron chi connectivity index (χ4n) is 1.65. The SMILES string of the molecule is O=C(O)c1cc(NCc2cc(Br)cs2)c([N+](=O)[O-])cc1F. The number of anilines is 1. The van der Waals surface area contributed by atoms with Crippen LogP contribution in [0.15, 0.2) is 28.1 Å². The molecule has 0 amide bonds. The Hall–Kier alpha value is -2.00. The normalized spacial score (nSPS) is 10.4. The van der Waals surface area contributed by atoms with Crippen LogP contribution in [0.2, 0.25) is 0 Å². The monoisotopic (exact) mass is 374 g/mol. The van der Waals surface area contributed by atoms with Gasteiger partial charge in [-0.05, 0) is 28.1 Å². The maximum atomic E-state index is 13.5. The first-order valence-electron chi connectivity index (χ1n) is 5.56. The summed E-state index contributed by atoms with van der Waals surface area (Å²) in [7, 11) is 0. The number of hydrogen-bond acceptors (Lipinski definition) is 5. The molecule has 1 heterocycles. The number of halogens is 2. The summed E-state index contributed by atoms with van der Waals surface area (Å²) in [5.41, 5.74) is -1.16. The highest BCUT2D eigenvalue weighted by Gasteiger charge is 2.21. The Morgan fingerprint density at radius 1 is 1.48 bits per heavy atom. The van der Waals surface area contributed by atoms with Crippen LogP contribution in [0.4, 0.5) is 15.8 Å². The van der Waals surface area contributed by atoms with Crippen LogP contribution >= 0.6 is 27.3 Å². The predicted molar refractivity (Wildman–Crippen MR) is 79.4 cm³/mol. The highest BCUT2D eigenvalue weighted by molar-refractivity contribution is 9.10. The lowest BCUT2D eigenvalue weighted by molar-refractivity contribution is -0.384. The van der Waals surface area contributed by atoms with Gasteiger partial charge in [0.05, 0.1) is 16.6 Å². The van der Waals surface area contributed by atoms with Crippen molar-refractivity contribution in [3.8, 4) is 0 Å². The number of carboxylic acid groups (broad SMARTS) is 1. The third kappa shape index (κ3) is 3.56. The molecule has 0 unspecified atom stereocenters. The zero-order chi connectivity index (χ0) is 15.6. The number of rotatable bonds is 5. The molecule has 0 bridgehead atoms. The number of aromatic carboxylic acids is 1. The summed E-state index contributed by atoms with van der Waals surface area (Å²) in [4.78, 5) is 21.9. The predicted octanol–water partition coefficient (Wildman–Crippen LogP) is 3.87. The van der Waals surface area contributed by atoms with E-state index in [9.17, 15) is 19.3 Å². The van der Waals surface area contributed by atoms with Gasteiger partial charge in [-0.2, -0.15) is 0 Å². The molecule has 0 fully saturated rings. The van der Waals surface area contributed by atoms with Crippen molar-refractivity contribution in [2.75, 3.05) is 5.32 Å². The van der Waals surface area contributed by atoms with Gasteiger partial charge in [0, 0.05) is 21.3 Å². The fourth-order valence-corrected chi connectivity index (χ4v) is 3.04. The highest BCUT2D eigenvalue weighted by Crippen LogP contribution is 2.29. The van der Waals surface area contributed by atoms with E-state index >= 15 is 0 Å². The van der Waals surface area contributed by atoms with Crippen LogP contribution in [0, 0.1) is 15.9 Å². The lowest BCUT2D eigenvalue weighted by Gasteiger charge is -2.07. The minimum absolute atomic E-state index is 0.0386. The molecule has 0 saturated heterocycles. The van der Waals surface area contributed by atoms with Crippen LogP contribution in [-0.4, -0.2) is 16.0 Å². The van der Waals surface area contributed by atoms with Gasteiger partial charge in [-0.25, -0.2) is 9.18 Å². The zero-order valence-corrected chi connectivity index (χ0v) is 12.7. The molecule has 9 heteroatoms. The van der Waals surface area contributed by atoms with E-state index in [2.05, 4.69) is 21.2 Å². The van der Waals surface area contributed by atoms with Gasteiger partial charge in [-0.15, -0.1) is 11.3 Å². The van der Waals surface area contributed by atoms with Crippen molar-refractivity contribution in [1.29, 1.82) is 0 Å². The number of thiophene rings is 1. The maximum Gasteiger partial charge on any atom is 0.338 e. The summed E-state index contributed by atoms with van der Waals surface area (Å²) in [6.07, 6.45) is 0. The molecule has 21 heavy (non-hydrogen) atoms. The van der Waals surface area contributed by atoms with Crippen molar-refractivity contribution < 1.29 is 19.2 Å². The van der Waals surface area contributed by atoms with Gasteiger partial charge in [-0.3, -0.25) is 10.1 Å². The second-order valence-corrected chi connectivity index (χ2v) is 5.91. The lowest BCUT2D eigenvalue weighted by atomic mass is 10.1. The molecule has 0 aliphatic carbocycles. The van der Waals surface area contributed by atoms with Gasteiger partial charge >= 0.3 is 5.97 Å². The second-order valence-electron chi connectivity index (χ2n) is 4.00. The molecule has 1 aromatic heterocycles. The summed E-state index contributed by atoms with van der Waals surface area (Å²) in [5, 5.41) is 24.4. The van der Waals surface area contributed by atoms with Crippen molar-refractivity contribution in [3.05, 3.63) is 54.4 Å². The van der Waals surface area contributed by atoms with Crippen molar-refractivity contribution in [2.24, 2.45) is 0 Å². The first kappa shape index (κ1) is 15.4. The Morgan fingerprint density at radius 2 is 2.19 bits per heavy atom. The van der Waals surface area contributed by atoms with Crippen LogP contribution in [0.3, 0.4) is 0 Å². The van der Waals surface area contributed by atoms with Crippen LogP contribution in [0.25, 0.3) is 0 Å². The van der Waals surface area contributed by atoms with Gasteiger partial charge in [0.1, 0.15) is 11.5 Å². The van der Waals surface area contributed by atoms with Crippen molar-refractivity contribution in [2.45, 2.75) is 6.54 Å². The van der Waals surface area contributed by atoms with E-state index in [1.807, 2.05) is 11.4 Å². The first-order valence-corrected chi connectivity index (χ1v) is 7.23. The molecule has 0 saturated carbocycles. The maximum absolute atomic E-state index is 13.5. The van der Waals surface area contributed by atoms with E-state index in [4.69, 9.17) is 5.11 Å². The minimum Gasteiger partial charge on any atom is -0.478 e. The van der Waals surface area contributed by atoms with E-state index in [1.54, 1.807) is 0 Å². The molecule has 6 nitrogen and oxygen atoms in total. The number of nitrogens with one attached hydrogen (secondary N) is 1. The second kappa shape index (κ2) is 6.19. The fraction of sp³-hybridized carbons (Fsp3) is 0.0833. The molecule has 2 rings (SSSR count). The number of carbonyl (C=O) groups is 1. The average Bonchev–Trinajstić information content (AvgIpc) is 2.82. The summed E-state index contributed by atoms with van der Waals surface area (Å²) in [6, 6.07) is 3.36. The summed E-state index contributed by atoms with van der Waals surface area (Å²) >= 11 is 4.71. The summed E-state index contributed by atoms with van der Waals surface area (Å²) < 4.78 is 14.4. The Morgan fingerprint density at radius 3 is 2.71 bits per heavy atom. The number of carboxylic acids is 1. The van der Waals surface area contributed by atoms with Gasteiger partial charge in [0.2, 0.25) is 0 Å². The zero-order valence-electron chi connectivity index (χ0n) is 10.3. The number of nitrogens with zero attached hydrogens (tertiary/aromatic N) is 1. The van der Waals surface area contributed by atoms with E-state index in [0.717, 1.165) is 15.4 Å². The Kier molecular flexibility index (Phi) is 4.53. The molecular formula is C12H8BrFN2O4S. The molecule has 1 aromatic carbocycles. The molecule has 0 radical (unpaired) electrons. The molecular weight excluding hydrogens is 367 g/mol. The van der Waals surface area contributed by atoms with E-state index in [-0.39, 0.29) is 12.2 Å². The number of hydrogen-bond donors (Lipinski definition) is 2. The largest absolute Gasteiger partial charge is 0.478 e. The Balaban J connectivity index is 2.33. The standard InChI is InChI=1S/C12H8BrFN2O4S/c13-6-1-7(21-5-6)4-15-10-2-8(12(17)18)9(14)3-11(10)16(19)20/h1-3,5,15H,4H2,(H,17,18). The molecule has 110 valence electrons. The topological polar surface area (TPSA) is 92.5 Å². The van der Waals surface area contributed by atoms with Crippen LogP contribution in [-0.2, 0) is 6.54 Å².